The van der Waals surface area contributed by atoms with Crippen molar-refractivity contribution in [3.63, 3.8) is 0 Å². The summed E-state index contributed by atoms with van der Waals surface area (Å²) in [5.41, 5.74) is 1.90. The van der Waals surface area contributed by atoms with E-state index < -0.39 is 17.9 Å². The Morgan fingerprint density at radius 1 is 1.06 bits per heavy atom. The number of Topliss-reactive ketones (excluding diaryl/α,β-unsaturated/α-hetero) is 1. The predicted octanol–water partition coefficient (Wildman–Crippen LogP) is 3.41. The van der Waals surface area contributed by atoms with E-state index in [1.54, 1.807) is 0 Å². The molecule has 0 saturated heterocycles. The molecule has 1 fully saturated rings. The van der Waals surface area contributed by atoms with Crippen LogP contribution in [0.15, 0.2) is 24.3 Å². The number of halogens is 3. The first-order chi connectivity index (χ1) is 8.00. The van der Waals surface area contributed by atoms with Crippen molar-refractivity contribution >= 4 is 5.78 Å². The highest BCUT2D eigenvalue weighted by Gasteiger charge is 2.55. The largest absolute Gasteiger partial charge is 0.450 e. The Balaban J connectivity index is 2.01. The summed E-state index contributed by atoms with van der Waals surface area (Å²) >= 11 is 0. The molecule has 2 atom stereocenters. The number of rotatable bonds is 1. The van der Waals surface area contributed by atoms with Crippen molar-refractivity contribution in [2.24, 2.45) is 5.92 Å². The fraction of sp³-hybridized carbons (Fsp3) is 0.462. The number of carbonyl (C=O) groups is 1. The maximum Gasteiger partial charge on any atom is 0.450 e. The molecular formula is C13H11F3O. The van der Waals surface area contributed by atoms with Crippen LogP contribution >= 0.6 is 0 Å². The lowest BCUT2D eigenvalue weighted by atomic mass is 9.90. The summed E-state index contributed by atoms with van der Waals surface area (Å²) in [7, 11) is 0. The summed E-state index contributed by atoms with van der Waals surface area (Å²) < 4.78 is 37.6. The number of ketones is 1. The second-order valence-corrected chi connectivity index (χ2v) is 4.81. The molecule has 3 rings (SSSR count). The van der Waals surface area contributed by atoms with E-state index in [-0.39, 0.29) is 11.8 Å². The number of carbonyl (C=O) groups excluding carboxylic acids is 1. The first-order valence-corrected chi connectivity index (χ1v) is 5.70. The average molecular weight is 240 g/mol. The molecular weight excluding hydrogens is 229 g/mol. The smallest absolute Gasteiger partial charge is 0.289 e. The lowest BCUT2D eigenvalue weighted by Gasteiger charge is -2.16. The first-order valence-electron chi connectivity index (χ1n) is 5.70. The van der Waals surface area contributed by atoms with Crippen molar-refractivity contribution in [2.45, 2.75) is 30.9 Å². The van der Waals surface area contributed by atoms with E-state index in [0.29, 0.717) is 12.8 Å². The quantitative estimate of drug-likeness (QED) is 0.735. The van der Waals surface area contributed by atoms with Gasteiger partial charge in [0.2, 0.25) is 5.78 Å². The fourth-order valence-corrected chi connectivity index (χ4v) is 3.44. The first kappa shape index (κ1) is 10.8. The van der Waals surface area contributed by atoms with Crippen LogP contribution in [0, 0.1) is 5.92 Å². The Labute approximate surface area is 96.6 Å². The van der Waals surface area contributed by atoms with Gasteiger partial charge >= 0.3 is 6.18 Å². The summed E-state index contributed by atoms with van der Waals surface area (Å²) in [5.74, 6) is -2.84. The number of hydrogen-bond acceptors (Lipinski definition) is 1. The van der Waals surface area contributed by atoms with Gasteiger partial charge in [-0.25, -0.2) is 0 Å². The summed E-state index contributed by atoms with van der Waals surface area (Å²) in [6.45, 7) is 0. The highest BCUT2D eigenvalue weighted by Crippen LogP contribution is 2.58. The van der Waals surface area contributed by atoms with Crippen LogP contribution in [0.3, 0.4) is 0 Å². The van der Waals surface area contributed by atoms with Gasteiger partial charge in [0.15, 0.2) is 0 Å². The van der Waals surface area contributed by atoms with E-state index in [2.05, 4.69) is 0 Å². The maximum atomic E-state index is 12.5. The third-order valence-electron chi connectivity index (χ3n) is 4.03. The zero-order valence-electron chi connectivity index (χ0n) is 9.00. The molecule has 0 heterocycles. The van der Waals surface area contributed by atoms with Crippen molar-refractivity contribution in [1.29, 1.82) is 0 Å². The maximum absolute atomic E-state index is 12.5. The minimum Gasteiger partial charge on any atom is -0.289 e. The van der Waals surface area contributed by atoms with Crippen molar-refractivity contribution in [1.82, 2.24) is 0 Å². The topological polar surface area (TPSA) is 17.1 Å². The van der Waals surface area contributed by atoms with Crippen LogP contribution in [0.25, 0.3) is 0 Å². The summed E-state index contributed by atoms with van der Waals surface area (Å²) in [6, 6.07) is 7.37. The molecule has 0 amide bonds. The van der Waals surface area contributed by atoms with E-state index >= 15 is 0 Å². The van der Waals surface area contributed by atoms with E-state index in [9.17, 15) is 18.0 Å². The molecule has 1 aromatic rings. The van der Waals surface area contributed by atoms with Crippen molar-refractivity contribution in [3.8, 4) is 0 Å². The van der Waals surface area contributed by atoms with Crippen LogP contribution < -0.4 is 0 Å². The van der Waals surface area contributed by atoms with Gasteiger partial charge < -0.3 is 0 Å². The Hall–Kier alpha value is -1.32. The molecule has 1 saturated carbocycles. The molecule has 4 heteroatoms. The minimum atomic E-state index is -4.70. The molecule has 2 bridgehead atoms. The minimum absolute atomic E-state index is 0.217. The number of hydrogen-bond donors (Lipinski definition) is 0. The predicted molar refractivity (Wildman–Crippen MR) is 55.7 cm³/mol. The summed E-state index contributed by atoms with van der Waals surface area (Å²) in [6.07, 6.45) is -3.30. The normalized spacial score (nSPS) is 30.4. The summed E-state index contributed by atoms with van der Waals surface area (Å²) in [5, 5.41) is 0. The molecule has 0 radical (unpaired) electrons. The van der Waals surface area contributed by atoms with Crippen LogP contribution in [0.2, 0.25) is 0 Å². The lowest BCUT2D eigenvalue weighted by Crippen LogP contribution is -2.32. The third-order valence-corrected chi connectivity index (χ3v) is 4.03. The van der Waals surface area contributed by atoms with E-state index in [1.807, 2.05) is 24.3 Å². The fourth-order valence-electron chi connectivity index (χ4n) is 3.44. The van der Waals surface area contributed by atoms with E-state index in [1.165, 1.54) is 0 Å². The second kappa shape index (κ2) is 3.34. The highest BCUT2D eigenvalue weighted by atomic mass is 19.4. The van der Waals surface area contributed by atoms with Gasteiger partial charge in [0.05, 0.1) is 0 Å². The molecule has 90 valence electrons. The standard InChI is InChI=1S/C13H11F3O/c14-13(15,16)12(17)11-9-5-6-10(11)8-4-2-1-3-7(8)9/h1-4,9-11H,5-6H2. The van der Waals surface area contributed by atoms with Gasteiger partial charge in [0.1, 0.15) is 0 Å². The van der Waals surface area contributed by atoms with Gasteiger partial charge in [0, 0.05) is 5.92 Å². The summed E-state index contributed by atoms with van der Waals surface area (Å²) in [4.78, 5) is 11.5. The Morgan fingerprint density at radius 3 is 1.94 bits per heavy atom. The van der Waals surface area contributed by atoms with Crippen LogP contribution in [0.1, 0.15) is 35.8 Å². The van der Waals surface area contributed by atoms with Crippen LogP contribution in [-0.4, -0.2) is 12.0 Å². The Bertz CT molecular complexity index is 447. The molecule has 0 N–H and O–H groups in total. The van der Waals surface area contributed by atoms with Gasteiger partial charge in [-0.1, -0.05) is 24.3 Å². The third kappa shape index (κ3) is 1.43. The van der Waals surface area contributed by atoms with Crippen LogP contribution in [-0.2, 0) is 4.79 Å². The van der Waals surface area contributed by atoms with Crippen molar-refractivity contribution in [2.75, 3.05) is 0 Å². The molecule has 0 spiro atoms. The molecule has 1 aromatic carbocycles. The second-order valence-electron chi connectivity index (χ2n) is 4.81. The van der Waals surface area contributed by atoms with Crippen LogP contribution in [0.4, 0.5) is 13.2 Å². The SMILES string of the molecule is O=C(C1C2CCC1c1ccccc12)C(F)(F)F. The lowest BCUT2D eigenvalue weighted by molar-refractivity contribution is -0.176. The molecule has 17 heavy (non-hydrogen) atoms. The zero-order valence-corrected chi connectivity index (χ0v) is 9.00. The Kier molecular flexibility index (Phi) is 2.12. The molecule has 2 aliphatic rings. The van der Waals surface area contributed by atoms with Gasteiger partial charge in [0.25, 0.3) is 0 Å². The number of benzene rings is 1. The molecule has 1 nitrogen and oxygen atoms in total. The number of fused-ring (bicyclic) bond motifs is 5. The zero-order chi connectivity index (χ0) is 12.2. The van der Waals surface area contributed by atoms with E-state index in [4.69, 9.17) is 0 Å². The van der Waals surface area contributed by atoms with Gasteiger partial charge in [-0.15, -0.1) is 0 Å². The highest BCUT2D eigenvalue weighted by molar-refractivity contribution is 5.89. The van der Waals surface area contributed by atoms with E-state index in [0.717, 1.165) is 11.1 Å². The van der Waals surface area contributed by atoms with Crippen LogP contribution in [0.5, 0.6) is 0 Å². The van der Waals surface area contributed by atoms with Gasteiger partial charge in [-0.05, 0) is 35.8 Å². The Morgan fingerprint density at radius 2 is 1.53 bits per heavy atom. The molecule has 2 unspecified atom stereocenters. The number of alkyl halides is 3. The molecule has 2 aliphatic carbocycles. The molecule has 0 aromatic heterocycles. The van der Waals surface area contributed by atoms with Gasteiger partial charge in [-0.2, -0.15) is 13.2 Å². The van der Waals surface area contributed by atoms with Crippen molar-refractivity contribution < 1.29 is 18.0 Å². The van der Waals surface area contributed by atoms with Gasteiger partial charge in [-0.3, -0.25) is 4.79 Å². The van der Waals surface area contributed by atoms with Crippen molar-refractivity contribution in [3.05, 3.63) is 35.4 Å². The average Bonchev–Trinajstić information content (AvgIpc) is 2.83. The molecule has 0 aliphatic heterocycles. The monoisotopic (exact) mass is 240 g/mol.